The van der Waals surface area contributed by atoms with E-state index >= 15 is 0 Å². The summed E-state index contributed by atoms with van der Waals surface area (Å²) in [6, 6.07) is 6.22. The van der Waals surface area contributed by atoms with Crippen molar-refractivity contribution in [1.29, 1.82) is 0 Å². The molecule has 0 spiro atoms. The molecule has 3 rings (SSSR count). The standard InChI is InChI=1S/C19H15ClN2O6S2/c1-9(2)16(18(24)25)21-17(23)15(30-19(21)29)8-11-4-6-14(28-11)12-5-3-10(20)7-13(12)22(26)27/h3-9,16H,1-2H3,(H,24,25)/b15-8+/t16-/m1/s1. The number of furan rings is 1. The number of carboxylic acids is 1. The van der Waals surface area contributed by atoms with Crippen molar-refractivity contribution in [1.82, 2.24) is 4.90 Å². The van der Waals surface area contributed by atoms with Gasteiger partial charge in [0.05, 0.1) is 15.4 Å². The van der Waals surface area contributed by atoms with Gasteiger partial charge in [-0.2, -0.15) is 0 Å². The molecule has 0 unspecified atom stereocenters. The average molecular weight is 467 g/mol. The van der Waals surface area contributed by atoms with Crippen molar-refractivity contribution >= 4 is 63.5 Å². The Labute approximate surface area is 185 Å². The number of nitrogens with zero attached hydrogens (tertiary/aromatic N) is 2. The summed E-state index contributed by atoms with van der Waals surface area (Å²) in [5.41, 5.74) is 0.0262. The number of thioether (sulfide) groups is 1. The van der Waals surface area contributed by atoms with Crippen LogP contribution >= 0.6 is 35.6 Å². The van der Waals surface area contributed by atoms with Gasteiger partial charge in [0.25, 0.3) is 11.6 Å². The first-order chi connectivity index (χ1) is 14.1. The van der Waals surface area contributed by atoms with E-state index in [1.807, 2.05) is 0 Å². The summed E-state index contributed by atoms with van der Waals surface area (Å²) >= 11 is 12.0. The molecule has 0 aliphatic carbocycles. The van der Waals surface area contributed by atoms with E-state index in [9.17, 15) is 24.8 Å². The monoisotopic (exact) mass is 466 g/mol. The molecule has 2 heterocycles. The lowest BCUT2D eigenvalue weighted by molar-refractivity contribution is -0.384. The van der Waals surface area contributed by atoms with E-state index in [-0.39, 0.29) is 42.9 Å². The Hall–Kier alpha value is -2.69. The van der Waals surface area contributed by atoms with Crippen LogP contribution in [0.2, 0.25) is 5.02 Å². The van der Waals surface area contributed by atoms with E-state index in [2.05, 4.69) is 0 Å². The average Bonchev–Trinajstić information content (AvgIpc) is 3.21. The Balaban J connectivity index is 1.93. The second-order valence-electron chi connectivity index (χ2n) is 6.70. The van der Waals surface area contributed by atoms with Gasteiger partial charge in [-0.15, -0.1) is 0 Å². The number of amides is 1. The van der Waals surface area contributed by atoms with Crippen LogP contribution in [0.25, 0.3) is 17.4 Å². The molecule has 1 aromatic heterocycles. The van der Waals surface area contributed by atoms with Crippen LogP contribution in [0.3, 0.4) is 0 Å². The summed E-state index contributed by atoms with van der Waals surface area (Å²) in [5.74, 6) is -1.51. The highest BCUT2D eigenvalue weighted by Gasteiger charge is 2.42. The lowest BCUT2D eigenvalue weighted by atomic mass is 10.0. The molecule has 0 saturated carbocycles. The van der Waals surface area contributed by atoms with Gasteiger partial charge in [0, 0.05) is 17.2 Å². The minimum Gasteiger partial charge on any atom is -0.480 e. The Morgan fingerprint density at radius 3 is 2.67 bits per heavy atom. The molecule has 1 saturated heterocycles. The number of carbonyl (C=O) groups is 2. The van der Waals surface area contributed by atoms with E-state index in [4.69, 9.17) is 28.2 Å². The number of aliphatic carboxylic acids is 1. The van der Waals surface area contributed by atoms with Crippen molar-refractivity contribution in [2.45, 2.75) is 19.9 Å². The van der Waals surface area contributed by atoms with Crippen LogP contribution in [0.4, 0.5) is 5.69 Å². The molecular weight excluding hydrogens is 452 g/mol. The highest BCUT2D eigenvalue weighted by molar-refractivity contribution is 8.26. The van der Waals surface area contributed by atoms with E-state index in [0.29, 0.717) is 0 Å². The Morgan fingerprint density at radius 1 is 1.37 bits per heavy atom. The predicted octanol–water partition coefficient (Wildman–Crippen LogP) is 4.82. The zero-order chi connectivity index (χ0) is 22.2. The summed E-state index contributed by atoms with van der Waals surface area (Å²) in [7, 11) is 0. The quantitative estimate of drug-likeness (QED) is 0.279. The molecule has 1 amide bonds. The molecule has 156 valence electrons. The topological polar surface area (TPSA) is 114 Å². The van der Waals surface area contributed by atoms with E-state index in [1.165, 1.54) is 30.3 Å². The van der Waals surface area contributed by atoms with Gasteiger partial charge in [0.15, 0.2) is 0 Å². The van der Waals surface area contributed by atoms with Crippen LogP contribution < -0.4 is 0 Å². The number of benzene rings is 1. The molecule has 1 N–H and O–H groups in total. The van der Waals surface area contributed by atoms with Crippen LogP contribution in [0.5, 0.6) is 0 Å². The summed E-state index contributed by atoms with van der Waals surface area (Å²) < 4.78 is 5.81. The van der Waals surface area contributed by atoms with Crippen molar-refractivity contribution in [2.24, 2.45) is 5.92 Å². The van der Waals surface area contributed by atoms with Crippen LogP contribution in [0.1, 0.15) is 19.6 Å². The van der Waals surface area contributed by atoms with Gasteiger partial charge in [0.2, 0.25) is 0 Å². The van der Waals surface area contributed by atoms with Crippen LogP contribution in [-0.4, -0.2) is 37.2 Å². The maximum atomic E-state index is 12.8. The number of thiocarbonyl (C=S) groups is 1. The molecule has 1 fully saturated rings. The second kappa shape index (κ2) is 8.58. The third kappa shape index (κ3) is 4.25. The van der Waals surface area contributed by atoms with E-state index in [1.54, 1.807) is 19.9 Å². The van der Waals surface area contributed by atoms with E-state index < -0.39 is 22.8 Å². The molecule has 1 aliphatic heterocycles. The number of hydrogen-bond donors (Lipinski definition) is 1. The highest BCUT2D eigenvalue weighted by atomic mass is 35.5. The zero-order valence-electron chi connectivity index (χ0n) is 15.7. The minimum atomic E-state index is -1.14. The van der Waals surface area contributed by atoms with Crippen LogP contribution in [-0.2, 0) is 9.59 Å². The molecule has 0 bridgehead atoms. The Kier molecular flexibility index (Phi) is 6.30. The summed E-state index contributed by atoms with van der Waals surface area (Å²) in [4.78, 5) is 36.4. The van der Waals surface area contributed by atoms with Gasteiger partial charge in [-0.25, -0.2) is 4.79 Å². The fourth-order valence-corrected chi connectivity index (χ4v) is 4.46. The van der Waals surface area contributed by atoms with Crippen molar-refractivity contribution in [3.63, 3.8) is 0 Å². The van der Waals surface area contributed by atoms with Crippen molar-refractivity contribution in [3.8, 4) is 11.3 Å². The first-order valence-corrected chi connectivity index (χ1v) is 10.2. The lowest BCUT2D eigenvalue weighted by Crippen LogP contribution is -2.47. The molecule has 8 nitrogen and oxygen atoms in total. The molecule has 1 aromatic carbocycles. The zero-order valence-corrected chi connectivity index (χ0v) is 18.1. The van der Waals surface area contributed by atoms with Gasteiger partial charge in [-0.05, 0) is 30.2 Å². The second-order valence-corrected chi connectivity index (χ2v) is 8.81. The number of carbonyl (C=O) groups excluding carboxylic acids is 1. The number of rotatable bonds is 6. The van der Waals surface area contributed by atoms with Crippen LogP contribution in [0.15, 0.2) is 39.7 Å². The number of nitro groups is 1. The Bertz CT molecular complexity index is 1090. The van der Waals surface area contributed by atoms with Gasteiger partial charge >= 0.3 is 5.97 Å². The number of nitro benzene ring substituents is 1. The van der Waals surface area contributed by atoms with Crippen molar-refractivity contribution < 1.29 is 24.0 Å². The molecule has 11 heteroatoms. The molecule has 0 radical (unpaired) electrons. The summed E-state index contributed by atoms with van der Waals surface area (Å²) in [5, 5.41) is 21.0. The molecule has 30 heavy (non-hydrogen) atoms. The fourth-order valence-electron chi connectivity index (χ4n) is 2.98. The smallest absolute Gasteiger partial charge is 0.327 e. The lowest BCUT2D eigenvalue weighted by Gasteiger charge is -2.26. The van der Waals surface area contributed by atoms with Gasteiger partial charge in [0.1, 0.15) is 21.9 Å². The summed E-state index contributed by atoms with van der Waals surface area (Å²) in [6.07, 6.45) is 1.43. The predicted molar refractivity (Wildman–Crippen MR) is 117 cm³/mol. The number of hydrogen-bond acceptors (Lipinski definition) is 7. The third-order valence-corrected chi connectivity index (χ3v) is 5.87. The van der Waals surface area contributed by atoms with Gasteiger partial charge in [-0.1, -0.05) is 49.4 Å². The van der Waals surface area contributed by atoms with E-state index in [0.717, 1.165) is 16.7 Å². The maximum Gasteiger partial charge on any atom is 0.327 e. The van der Waals surface area contributed by atoms with Crippen molar-refractivity contribution in [2.75, 3.05) is 0 Å². The first kappa shape index (κ1) is 22.0. The maximum absolute atomic E-state index is 12.8. The highest BCUT2D eigenvalue weighted by Crippen LogP contribution is 2.37. The first-order valence-electron chi connectivity index (χ1n) is 8.64. The molecular formula is C19H15ClN2O6S2. The van der Waals surface area contributed by atoms with Crippen molar-refractivity contribution in [3.05, 3.63) is 56.1 Å². The minimum absolute atomic E-state index is 0.146. The van der Waals surface area contributed by atoms with Gasteiger partial charge in [-0.3, -0.25) is 19.8 Å². The SMILES string of the molecule is CC(C)[C@H](C(=O)O)N1C(=O)/C(=C\c2ccc(-c3ccc(Cl)cc3[N+](=O)[O-])o2)SC1=S. The third-order valence-electron chi connectivity index (χ3n) is 4.31. The Morgan fingerprint density at radius 2 is 2.07 bits per heavy atom. The number of carboxylic acid groups (broad SMARTS) is 1. The van der Waals surface area contributed by atoms with Crippen LogP contribution in [0, 0.1) is 16.0 Å². The molecule has 1 atom stereocenters. The van der Waals surface area contributed by atoms with Gasteiger partial charge < -0.3 is 9.52 Å². The fraction of sp³-hybridized carbons (Fsp3) is 0.211. The summed E-state index contributed by atoms with van der Waals surface area (Å²) in [6.45, 7) is 3.39. The normalized spacial score (nSPS) is 16.5. The molecule has 1 aliphatic rings. The number of halogens is 1. The molecule has 2 aromatic rings. The largest absolute Gasteiger partial charge is 0.480 e.